The van der Waals surface area contributed by atoms with Crippen molar-refractivity contribution >= 4 is 29.4 Å². The second kappa shape index (κ2) is 9.18. The zero-order valence-corrected chi connectivity index (χ0v) is 15.4. The topological polar surface area (TPSA) is 74.6 Å². The normalized spacial score (nSPS) is 10.9. The van der Waals surface area contributed by atoms with Crippen molar-refractivity contribution in [3.8, 4) is 11.5 Å². The number of ketones is 1. The molecule has 0 unspecified atom stereocenters. The number of rotatable bonds is 6. The predicted octanol–water partition coefficient (Wildman–Crippen LogP) is 4.92. The van der Waals surface area contributed by atoms with Crippen molar-refractivity contribution in [2.24, 2.45) is 0 Å². The first-order valence-corrected chi connectivity index (χ1v) is 8.90. The number of carbonyl (C=O) groups is 1. The van der Waals surface area contributed by atoms with E-state index in [9.17, 15) is 19.8 Å². The number of hydrogen-bond donors (Lipinski definition) is 2. The molecule has 0 amide bonds. The van der Waals surface area contributed by atoms with Crippen molar-refractivity contribution in [3.05, 3.63) is 107 Å². The van der Waals surface area contributed by atoms with Gasteiger partial charge in [0.05, 0.1) is 5.57 Å². The second-order valence-corrected chi connectivity index (χ2v) is 6.28. The maximum absolute atomic E-state index is 12.1. The van der Waals surface area contributed by atoms with Crippen LogP contribution in [-0.2, 0) is 4.79 Å². The molecule has 29 heavy (non-hydrogen) atoms. The fourth-order valence-corrected chi connectivity index (χ4v) is 2.71. The van der Waals surface area contributed by atoms with E-state index in [0.717, 1.165) is 0 Å². The number of aromatic hydroxyl groups is 2. The Bertz CT molecular complexity index is 1130. The molecule has 0 aromatic heterocycles. The molecular formula is C25H18O4. The van der Waals surface area contributed by atoms with Gasteiger partial charge in [-0.15, -0.1) is 0 Å². The largest absolute Gasteiger partial charge is 0.508 e. The van der Waals surface area contributed by atoms with E-state index in [1.165, 1.54) is 30.4 Å². The molecular weight excluding hydrogens is 364 g/mol. The first-order valence-electron chi connectivity index (χ1n) is 8.90. The summed E-state index contributed by atoms with van der Waals surface area (Å²) in [6, 6.07) is 20.2. The Labute approximate surface area is 168 Å². The molecule has 4 nitrogen and oxygen atoms in total. The number of phenols is 2. The third kappa shape index (κ3) is 5.19. The summed E-state index contributed by atoms with van der Waals surface area (Å²) in [6.45, 7) is 0. The van der Waals surface area contributed by atoms with Gasteiger partial charge >= 0.3 is 0 Å². The van der Waals surface area contributed by atoms with Crippen LogP contribution in [0.15, 0.2) is 84.9 Å². The van der Waals surface area contributed by atoms with E-state index in [0.29, 0.717) is 22.3 Å². The van der Waals surface area contributed by atoms with Crippen molar-refractivity contribution in [1.29, 1.82) is 0 Å². The van der Waals surface area contributed by atoms with Crippen LogP contribution in [0.4, 0.5) is 0 Å². The summed E-state index contributed by atoms with van der Waals surface area (Å²) >= 11 is 0. The van der Waals surface area contributed by atoms with Crippen LogP contribution in [0.1, 0.15) is 27.0 Å². The van der Waals surface area contributed by atoms with E-state index in [2.05, 4.69) is 0 Å². The fourth-order valence-electron chi connectivity index (χ4n) is 2.71. The molecule has 3 aromatic carbocycles. The van der Waals surface area contributed by atoms with Gasteiger partial charge in [-0.05, 0) is 47.6 Å². The highest BCUT2D eigenvalue weighted by molar-refractivity contribution is 6.06. The highest BCUT2D eigenvalue weighted by Crippen LogP contribution is 2.24. The first-order chi connectivity index (χ1) is 14.1. The summed E-state index contributed by atoms with van der Waals surface area (Å²) in [5.41, 5.74) is 2.53. The second-order valence-electron chi connectivity index (χ2n) is 6.28. The van der Waals surface area contributed by atoms with Crippen molar-refractivity contribution in [2.75, 3.05) is 0 Å². The number of allylic oxidation sites excluding steroid dienone is 3. The molecule has 4 heteroatoms. The summed E-state index contributed by atoms with van der Waals surface area (Å²) < 4.78 is 0. The molecule has 0 heterocycles. The van der Waals surface area contributed by atoms with Gasteiger partial charge in [-0.2, -0.15) is 0 Å². The van der Waals surface area contributed by atoms with Gasteiger partial charge in [0.25, 0.3) is 0 Å². The van der Waals surface area contributed by atoms with E-state index < -0.39 is 0 Å². The lowest BCUT2D eigenvalue weighted by Gasteiger charge is -2.02. The molecule has 3 rings (SSSR count). The van der Waals surface area contributed by atoms with E-state index in [-0.39, 0.29) is 22.9 Å². The molecule has 2 N–H and O–H groups in total. The van der Waals surface area contributed by atoms with E-state index in [1.807, 2.05) is 12.0 Å². The number of benzene rings is 3. The maximum Gasteiger partial charge on any atom is 0.185 e. The van der Waals surface area contributed by atoms with E-state index in [4.69, 9.17) is 0 Å². The van der Waals surface area contributed by atoms with Crippen molar-refractivity contribution < 1.29 is 19.8 Å². The molecule has 0 aliphatic carbocycles. The van der Waals surface area contributed by atoms with Crippen LogP contribution in [0.2, 0.25) is 0 Å². The summed E-state index contributed by atoms with van der Waals surface area (Å²) in [5.74, 6) is 1.77. The molecule has 0 atom stereocenters. The van der Waals surface area contributed by atoms with Crippen LogP contribution < -0.4 is 0 Å². The standard InChI is InChI=1S/C25H18O4/c26-17-22(21-7-4-8-23(27)16-21)13-12-20-11-9-18(15-25(20)29)10-14-24(28)19-5-2-1-3-6-19/h1-16,27,29H. The van der Waals surface area contributed by atoms with Gasteiger partial charge in [-0.25, -0.2) is 4.79 Å². The molecule has 0 radical (unpaired) electrons. The molecule has 0 aliphatic rings. The first kappa shape index (κ1) is 19.6. The molecule has 0 fully saturated rings. The minimum atomic E-state index is -0.124. The SMILES string of the molecule is O=C=C(C=Cc1ccc(C=CC(=O)c2ccccc2)cc1O)c1cccc(O)c1. The molecule has 0 bridgehead atoms. The van der Waals surface area contributed by atoms with Crippen LogP contribution >= 0.6 is 0 Å². The van der Waals surface area contributed by atoms with Crippen molar-refractivity contribution in [1.82, 2.24) is 0 Å². The van der Waals surface area contributed by atoms with E-state index >= 15 is 0 Å². The monoisotopic (exact) mass is 382 g/mol. The van der Waals surface area contributed by atoms with Gasteiger partial charge < -0.3 is 10.2 Å². The summed E-state index contributed by atoms with van der Waals surface area (Å²) in [7, 11) is 0. The average molecular weight is 382 g/mol. The number of carbonyl (C=O) groups excluding carboxylic acids is 2. The third-order valence-corrected chi connectivity index (χ3v) is 4.24. The Balaban J connectivity index is 1.75. The molecule has 3 aromatic rings. The van der Waals surface area contributed by atoms with E-state index in [1.54, 1.807) is 60.7 Å². The lowest BCUT2D eigenvalue weighted by atomic mass is 10.0. The Morgan fingerprint density at radius 2 is 1.55 bits per heavy atom. The zero-order chi connectivity index (χ0) is 20.6. The zero-order valence-electron chi connectivity index (χ0n) is 15.4. The molecule has 0 spiro atoms. The average Bonchev–Trinajstić information content (AvgIpc) is 2.74. The molecule has 0 aliphatic heterocycles. The highest BCUT2D eigenvalue weighted by Gasteiger charge is 2.04. The van der Waals surface area contributed by atoms with Gasteiger partial charge in [-0.1, -0.05) is 60.7 Å². The summed E-state index contributed by atoms with van der Waals surface area (Å²) in [6.07, 6.45) is 6.19. The van der Waals surface area contributed by atoms with Gasteiger partial charge in [0.15, 0.2) is 5.78 Å². The van der Waals surface area contributed by atoms with Gasteiger partial charge in [0.1, 0.15) is 17.4 Å². The van der Waals surface area contributed by atoms with Crippen LogP contribution in [0.5, 0.6) is 11.5 Å². The van der Waals surface area contributed by atoms with Gasteiger partial charge in [0.2, 0.25) is 0 Å². The lowest BCUT2D eigenvalue weighted by molar-refractivity contribution is 0.104. The Hall–Kier alpha value is -4.14. The summed E-state index contributed by atoms with van der Waals surface area (Å²) in [5, 5.41) is 19.8. The Kier molecular flexibility index (Phi) is 6.21. The van der Waals surface area contributed by atoms with Crippen LogP contribution in [-0.4, -0.2) is 21.9 Å². The van der Waals surface area contributed by atoms with Crippen molar-refractivity contribution in [2.45, 2.75) is 0 Å². The van der Waals surface area contributed by atoms with Gasteiger partial charge in [-0.3, -0.25) is 4.79 Å². The minimum Gasteiger partial charge on any atom is -0.508 e. The number of phenolic OH excluding ortho intramolecular Hbond substituents is 2. The molecule has 0 saturated carbocycles. The molecule has 0 saturated heterocycles. The van der Waals surface area contributed by atoms with Crippen LogP contribution in [0.3, 0.4) is 0 Å². The lowest BCUT2D eigenvalue weighted by Crippen LogP contribution is -1.92. The summed E-state index contributed by atoms with van der Waals surface area (Å²) in [4.78, 5) is 23.4. The number of hydrogen-bond acceptors (Lipinski definition) is 4. The molecule has 142 valence electrons. The maximum atomic E-state index is 12.1. The predicted molar refractivity (Wildman–Crippen MR) is 114 cm³/mol. The van der Waals surface area contributed by atoms with Crippen LogP contribution in [0.25, 0.3) is 17.7 Å². The highest BCUT2D eigenvalue weighted by atomic mass is 16.3. The third-order valence-electron chi connectivity index (χ3n) is 4.24. The minimum absolute atomic E-state index is 0.0108. The van der Waals surface area contributed by atoms with Crippen LogP contribution in [0, 0.1) is 0 Å². The van der Waals surface area contributed by atoms with Gasteiger partial charge in [0, 0.05) is 11.1 Å². The Morgan fingerprint density at radius 3 is 2.24 bits per heavy atom. The quantitative estimate of drug-likeness (QED) is 0.275. The van der Waals surface area contributed by atoms with Crippen molar-refractivity contribution in [3.63, 3.8) is 0 Å². The fraction of sp³-hybridized carbons (Fsp3) is 0. The Morgan fingerprint density at radius 1 is 0.793 bits per heavy atom. The smallest absolute Gasteiger partial charge is 0.185 e.